The predicted molar refractivity (Wildman–Crippen MR) is 74.7 cm³/mol. The lowest BCUT2D eigenvalue weighted by Crippen LogP contribution is -2.34. The van der Waals surface area contributed by atoms with Crippen molar-refractivity contribution in [3.8, 4) is 11.8 Å². The van der Waals surface area contributed by atoms with E-state index in [-0.39, 0.29) is 17.9 Å². The van der Waals surface area contributed by atoms with Crippen LogP contribution in [0.3, 0.4) is 0 Å². The first-order valence-corrected chi connectivity index (χ1v) is 6.66. The monoisotopic (exact) mass is 265 g/mol. The van der Waals surface area contributed by atoms with Gasteiger partial charge < -0.3 is 10.0 Å². The molecular formula is C14H19NO2S. The number of carbonyl (C=O) groups excluding carboxylic acids is 1. The minimum atomic E-state index is -0.193. The van der Waals surface area contributed by atoms with Gasteiger partial charge in [-0.15, -0.1) is 11.3 Å². The van der Waals surface area contributed by atoms with Crippen LogP contribution in [0.5, 0.6) is 0 Å². The molecule has 0 aromatic carbocycles. The summed E-state index contributed by atoms with van der Waals surface area (Å²) in [5.74, 6) is 5.37. The van der Waals surface area contributed by atoms with E-state index in [1.165, 1.54) is 11.3 Å². The molecule has 0 unspecified atom stereocenters. The molecule has 1 heterocycles. The summed E-state index contributed by atoms with van der Waals surface area (Å²) >= 11 is 1.39. The SMILES string of the molecule is CN(CC(C)(C)C)C(=O)c1sccc1C#CCO. The van der Waals surface area contributed by atoms with E-state index < -0.39 is 0 Å². The van der Waals surface area contributed by atoms with Crippen molar-refractivity contribution >= 4 is 17.2 Å². The maximum atomic E-state index is 12.3. The Kier molecular flexibility index (Phi) is 4.94. The molecule has 4 heteroatoms. The fourth-order valence-electron chi connectivity index (χ4n) is 1.66. The van der Waals surface area contributed by atoms with Gasteiger partial charge in [0.05, 0.1) is 0 Å². The molecule has 0 atom stereocenters. The number of thiophene rings is 1. The van der Waals surface area contributed by atoms with E-state index >= 15 is 0 Å². The molecule has 0 bridgehead atoms. The standard InChI is InChI=1S/C14H19NO2S/c1-14(2,3)10-15(4)13(17)12-11(6-5-8-16)7-9-18-12/h7,9,16H,8,10H2,1-4H3. The van der Waals surface area contributed by atoms with Crippen LogP contribution in [0.2, 0.25) is 0 Å². The number of hydrogen-bond acceptors (Lipinski definition) is 3. The third-order valence-corrected chi connectivity index (χ3v) is 3.12. The van der Waals surface area contributed by atoms with Crippen LogP contribution < -0.4 is 0 Å². The van der Waals surface area contributed by atoms with Gasteiger partial charge in [0.15, 0.2) is 0 Å². The van der Waals surface area contributed by atoms with Gasteiger partial charge in [0.2, 0.25) is 0 Å². The Balaban J connectivity index is 2.87. The van der Waals surface area contributed by atoms with Gasteiger partial charge >= 0.3 is 0 Å². The summed E-state index contributed by atoms with van der Waals surface area (Å²) in [6.07, 6.45) is 0. The fraction of sp³-hybridized carbons (Fsp3) is 0.500. The normalized spacial score (nSPS) is 10.7. The molecule has 1 N–H and O–H groups in total. The Morgan fingerprint density at radius 3 is 2.72 bits per heavy atom. The highest BCUT2D eigenvalue weighted by atomic mass is 32.1. The van der Waals surface area contributed by atoms with Crippen LogP contribution in [0.25, 0.3) is 0 Å². The highest BCUT2D eigenvalue weighted by Gasteiger charge is 2.21. The van der Waals surface area contributed by atoms with Crippen LogP contribution in [-0.2, 0) is 0 Å². The zero-order valence-electron chi connectivity index (χ0n) is 11.3. The molecule has 0 aliphatic rings. The zero-order chi connectivity index (χ0) is 13.8. The fourth-order valence-corrected chi connectivity index (χ4v) is 2.51. The molecule has 98 valence electrons. The molecule has 1 aromatic heterocycles. The quantitative estimate of drug-likeness (QED) is 0.833. The van der Waals surface area contributed by atoms with Crippen LogP contribution in [-0.4, -0.2) is 36.1 Å². The van der Waals surface area contributed by atoms with Crippen LogP contribution in [0, 0.1) is 17.3 Å². The number of aliphatic hydroxyl groups is 1. The molecule has 0 saturated carbocycles. The zero-order valence-corrected chi connectivity index (χ0v) is 12.1. The van der Waals surface area contributed by atoms with E-state index in [0.717, 1.165) is 0 Å². The molecule has 1 amide bonds. The lowest BCUT2D eigenvalue weighted by atomic mass is 9.96. The lowest BCUT2D eigenvalue weighted by molar-refractivity contribution is 0.0750. The largest absolute Gasteiger partial charge is 0.384 e. The molecule has 0 radical (unpaired) electrons. The van der Waals surface area contributed by atoms with E-state index in [2.05, 4.69) is 32.6 Å². The Hall–Kier alpha value is -1.31. The van der Waals surface area contributed by atoms with Crippen LogP contribution in [0.4, 0.5) is 0 Å². The maximum absolute atomic E-state index is 12.3. The number of rotatable bonds is 2. The van der Waals surface area contributed by atoms with Gasteiger partial charge in [-0.05, 0) is 16.9 Å². The summed E-state index contributed by atoms with van der Waals surface area (Å²) in [5, 5.41) is 10.5. The first kappa shape index (κ1) is 14.7. The van der Waals surface area contributed by atoms with E-state index in [0.29, 0.717) is 17.0 Å². The average Bonchev–Trinajstić information content (AvgIpc) is 2.70. The van der Waals surface area contributed by atoms with Crippen molar-refractivity contribution in [2.75, 3.05) is 20.2 Å². The highest BCUT2D eigenvalue weighted by Crippen LogP contribution is 2.20. The number of amides is 1. The van der Waals surface area contributed by atoms with E-state index in [9.17, 15) is 4.79 Å². The molecule has 0 saturated heterocycles. The van der Waals surface area contributed by atoms with Crippen molar-refractivity contribution in [2.45, 2.75) is 20.8 Å². The minimum Gasteiger partial charge on any atom is -0.384 e. The topological polar surface area (TPSA) is 40.5 Å². The third-order valence-electron chi connectivity index (χ3n) is 2.22. The second-order valence-corrected chi connectivity index (χ2v) is 6.26. The van der Waals surface area contributed by atoms with Gasteiger partial charge in [-0.3, -0.25) is 4.79 Å². The summed E-state index contributed by atoms with van der Waals surface area (Å²) in [6.45, 7) is 6.78. The van der Waals surface area contributed by atoms with Crippen LogP contribution in [0.15, 0.2) is 11.4 Å². The van der Waals surface area contributed by atoms with E-state index in [4.69, 9.17) is 5.11 Å². The summed E-state index contributed by atoms with van der Waals surface area (Å²) in [5.41, 5.74) is 0.762. The molecule has 0 aliphatic heterocycles. The number of hydrogen-bond donors (Lipinski definition) is 1. The van der Waals surface area contributed by atoms with Gasteiger partial charge in [0.1, 0.15) is 11.5 Å². The van der Waals surface area contributed by atoms with Crippen molar-refractivity contribution in [3.63, 3.8) is 0 Å². The average molecular weight is 265 g/mol. The number of carbonyl (C=O) groups is 1. The van der Waals surface area contributed by atoms with Crippen molar-refractivity contribution in [2.24, 2.45) is 5.41 Å². The molecule has 1 aromatic rings. The Morgan fingerprint density at radius 1 is 1.50 bits per heavy atom. The first-order valence-electron chi connectivity index (χ1n) is 5.78. The minimum absolute atomic E-state index is 0.0119. The van der Waals surface area contributed by atoms with E-state index in [1.54, 1.807) is 11.9 Å². The molecule has 18 heavy (non-hydrogen) atoms. The summed E-state index contributed by atoms with van der Waals surface area (Å²) in [7, 11) is 1.80. The lowest BCUT2D eigenvalue weighted by Gasteiger charge is -2.26. The molecule has 0 aliphatic carbocycles. The second kappa shape index (κ2) is 6.03. The van der Waals surface area contributed by atoms with Gasteiger partial charge in [-0.25, -0.2) is 0 Å². The van der Waals surface area contributed by atoms with Crippen LogP contribution >= 0.6 is 11.3 Å². The van der Waals surface area contributed by atoms with Crippen molar-refractivity contribution in [3.05, 3.63) is 21.9 Å². The van der Waals surface area contributed by atoms with Gasteiger partial charge in [0.25, 0.3) is 5.91 Å². The highest BCUT2D eigenvalue weighted by molar-refractivity contribution is 7.12. The molecular weight excluding hydrogens is 246 g/mol. The van der Waals surface area contributed by atoms with Crippen molar-refractivity contribution in [1.29, 1.82) is 0 Å². The van der Waals surface area contributed by atoms with Gasteiger partial charge in [-0.2, -0.15) is 0 Å². The summed E-state index contributed by atoms with van der Waals surface area (Å²) < 4.78 is 0. The van der Waals surface area contributed by atoms with Crippen molar-refractivity contribution in [1.82, 2.24) is 4.90 Å². The van der Waals surface area contributed by atoms with Gasteiger partial charge in [0, 0.05) is 19.2 Å². The number of aliphatic hydroxyl groups excluding tert-OH is 1. The Morgan fingerprint density at radius 2 is 2.17 bits per heavy atom. The Labute approximate surface area is 112 Å². The predicted octanol–water partition coefficient (Wildman–Crippen LogP) is 2.21. The molecule has 3 nitrogen and oxygen atoms in total. The number of nitrogens with zero attached hydrogens (tertiary/aromatic N) is 1. The maximum Gasteiger partial charge on any atom is 0.264 e. The van der Waals surface area contributed by atoms with Crippen LogP contribution in [0.1, 0.15) is 36.0 Å². The molecule has 0 spiro atoms. The van der Waals surface area contributed by atoms with Gasteiger partial charge in [-0.1, -0.05) is 32.6 Å². The smallest absolute Gasteiger partial charge is 0.264 e. The van der Waals surface area contributed by atoms with Crippen molar-refractivity contribution < 1.29 is 9.90 Å². The first-order chi connectivity index (χ1) is 8.35. The molecule has 0 fully saturated rings. The summed E-state index contributed by atoms with van der Waals surface area (Å²) in [4.78, 5) is 14.6. The second-order valence-electron chi connectivity index (χ2n) is 5.35. The molecule has 1 rings (SSSR count). The van der Waals surface area contributed by atoms with E-state index in [1.807, 2.05) is 11.4 Å². The third kappa shape index (κ3) is 4.17. The summed E-state index contributed by atoms with van der Waals surface area (Å²) in [6, 6.07) is 1.81. The Bertz CT molecular complexity index is 474.